The largest absolute Gasteiger partial charge is 0.468 e. The summed E-state index contributed by atoms with van der Waals surface area (Å²) in [6.45, 7) is -1.30. The maximum absolute atomic E-state index is 12.8. The van der Waals surface area contributed by atoms with Crippen molar-refractivity contribution in [2.75, 3.05) is 6.61 Å². The highest BCUT2D eigenvalue weighted by Crippen LogP contribution is 2.28. The fourth-order valence-corrected chi connectivity index (χ4v) is 3.46. The molecule has 2 aromatic heterocycles. The quantitative estimate of drug-likeness (QED) is 0.666. The van der Waals surface area contributed by atoms with Gasteiger partial charge < -0.3 is 10.1 Å². The number of fused-ring (bicyclic) bond motifs is 1. The first-order valence-electron chi connectivity index (χ1n) is 9.49. The molecule has 0 atom stereocenters. The van der Waals surface area contributed by atoms with Crippen LogP contribution in [0.5, 0.6) is 5.88 Å². The maximum Gasteiger partial charge on any atom is 0.422 e. The first-order chi connectivity index (χ1) is 14.4. The zero-order chi connectivity index (χ0) is 21.1. The summed E-state index contributed by atoms with van der Waals surface area (Å²) in [5, 5.41) is 7.32. The number of benzene rings is 1. The highest BCUT2D eigenvalue weighted by atomic mass is 19.4. The molecule has 4 rings (SSSR count). The molecule has 0 unspecified atom stereocenters. The van der Waals surface area contributed by atoms with Gasteiger partial charge in [0.15, 0.2) is 12.3 Å². The zero-order valence-electron chi connectivity index (χ0n) is 15.9. The standard InChI is InChI=1S/C21H19F3N4O2/c22-21(23,24)13-30-18-11-14(9-10-25-18)12-26-20(29)19-16-7-4-8-17(16)28(27-19)15-5-2-1-3-6-15/h1-3,5-6,9-11H,4,7-8,12-13H2,(H,26,29). The van der Waals surface area contributed by atoms with E-state index in [2.05, 4.69) is 20.1 Å². The van der Waals surface area contributed by atoms with Crippen LogP contribution in [-0.2, 0) is 19.4 Å². The minimum atomic E-state index is -4.44. The van der Waals surface area contributed by atoms with Crippen LogP contribution in [0.3, 0.4) is 0 Å². The van der Waals surface area contributed by atoms with E-state index in [1.54, 1.807) is 6.07 Å². The Morgan fingerprint density at radius 2 is 1.97 bits per heavy atom. The molecule has 1 aromatic carbocycles. The van der Waals surface area contributed by atoms with Crippen LogP contribution in [0.2, 0.25) is 0 Å². The van der Waals surface area contributed by atoms with Crippen LogP contribution in [-0.4, -0.2) is 33.5 Å². The predicted octanol–water partition coefficient (Wildman–Crippen LogP) is 3.63. The number of carbonyl (C=O) groups excluding carboxylic acids is 1. The van der Waals surface area contributed by atoms with Crippen molar-refractivity contribution in [1.29, 1.82) is 0 Å². The highest BCUT2D eigenvalue weighted by Gasteiger charge is 2.29. The molecule has 0 aliphatic heterocycles. The summed E-state index contributed by atoms with van der Waals surface area (Å²) >= 11 is 0. The predicted molar refractivity (Wildman–Crippen MR) is 103 cm³/mol. The van der Waals surface area contributed by atoms with Gasteiger partial charge in [0.2, 0.25) is 5.88 Å². The van der Waals surface area contributed by atoms with Gasteiger partial charge in [-0.1, -0.05) is 18.2 Å². The van der Waals surface area contributed by atoms with Crippen molar-refractivity contribution in [1.82, 2.24) is 20.1 Å². The molecule has 156 valence electrons. The van der Waals surface area contributed by atoms with Crippen LogP contribution in [0.1, 0.15) is 33.7 Å². The van der Waals surface area contributed by atoms with Gasteiger partial charge in [0.25, 0.3) is 5.91 Å². The molecule has 0 fully saturated rings. The van der Waals surface area contributed by atoms with Crippen LogP contribution in [0.15, 0.2) is 48.7 Å². The normalized spacial score (nSPS) is 13.2. The number of hydrogen-bond acceptors (Lipinski definition) is 4. The van der Waals surface area contributed by atoms with Gasteiger partial charge in [-0.05, 0) is 43.0 Å². The van der Waals surface area contributed by atoms with Crippen molar-refractivity contribution in [2.45, 2.75) is 32.0 Å². The maximum atomic E-state index is 12.8. The summed E-state index contributed by atoms with van der Waals surface area (Å²) in [6, 6.07) is 12.6. The Balaban J connectivity index is 1.47. The molecule has 3 aromatic rings. The molecule has 6 nitrogen and oxygen atoms in total. The Hall–Kier alpha value is -3.36. The summed E-state index contributed by atoms with van der Waals surface area (Å²) in [7, 11) is 0. The summed E-state index contributed by atoms with van der Waals surface area (Å²) in [5.41, 5.74) is 3.84. The number of hydrogen-bond donors (Lipinski definition) is 1. The number of amides is 1. The minimum absolute atomic E-state index is 0.122. The summed E-state index contributed by atoms with van der Waals surface area (Å²) in [4.78, 5) is 16.5. The van der Waals surface area contributed by atoms with E-state index in [0.717, 1.165) is 36.2 Å². The van der Waals surface area contributed by atoms with Crippen LogP contribution >= 0.6 is 0 Å². The Labute approximate surface area is 170 Å². The van der Waals surface area contributed by atoms with E-state index in [4.69, 9.17) is 0 Å². The fourth-order valence-electron chi connectivity index (χ4n) is 3.46. The van der Waals surface area contributed by atoms with Gasteiger partial charge >= 0.3 is 6.18 Å². The number of rotatable bonds is 6. The number of halogens is 3. The molecule has 0 saturated carbocycles. The number of ether oxygens (including phenoxy) is 1. The van der Waals surface area contributed by atoms with Crippen molar-refractivity contribution < 1.29 is 22.7 Å². The molecular formula is C21H19F3N4O2. The smallest absolute Gasteiger partial charge is 0.422 e. The molecule has 2 heterocycles. The topological polar surface area (TPSA) is 69.0 Å². The number of nitrogens with one attached hydrogen (secondary N) is 1. The SMILES string of the molecule is O=C(NCc1ccnc(OCC(F)(F)F)c1)c1nn(-c2ccccc2)c2c1CCC2. The monoisotopic (exact) mass is 416 g/mol. The van der Waals surface area contributed by atoms with Gasteiger partial charge in [-0.2, -0.15) is 18.3 Å². The summed E-state index contributed by atoms with van der Waals surface area (Å²) < 4.78 is 43.4. The van der Waals surface area contributed by atoms with E-state index >= 15 is 0 Å². The van der Waals surface area contributed by atoms with Gasteiger partial charge in [-0.15, -0.1) is 0 Å². The van der Waals surface area contributed by atoms with Crippen molar-refractivity contribution in [3.8, 4) is 11.6 Å². The lowest BCUT2D eigenvalue weighted by molar-refractivity contribution is -0.154. The Bertz CT molecular complexity index is 1050. The number of alkyl halides is 3. The number of para-hydroxylation sites is 1. The van der Waals surface area contributed by atoms with Crippen LogP contribution in [0, 0.1) is 0 Å². The van der Waals surface area contributed by atoms with Gasteiger partial charge in [-0.25, -0.2) is 9.67 Å². The third kappa shape index (κ3) is 4.45. The number of carbonyl (C=O) groups is 1. The first kappa shape index (κ1) is 19.9. The second-order valence-corrected chi connectivity index (χ2v) is 6.96. The third-order valence-electron chi connectivity index (χ3n) is 4.78. The zero-order valence-corrected chi connectivity index (χ0v) is 15.9. The van der Waals surface area contributed by atoms with Crippen molar-refractivity contribution in [3.05, 3.63) is 71.2 Å². The molecule has 0 radical (unpaired) electrons. The average molecular weight is 416 g/mol. The van der Waals surface area contributed by atoms with Gasteiger partial charge in [-0.3, -0.25) is 4.79 Å². The molecule has 0 saturated heterocycles. The minimum Gasteiger partial charge on any atom is -0.468 e. The molecule has 30 heavy (non-hydrogen) atoms. The molecule has 1 aliphatic carbocycles. The lowest BCUT2D eigenvalue weighted by atomic mass is 10.2. The molecule has 9 heteroatoms. The van der Waals surface area contributed by atoms with E-state index < -0.39 is 12.8 Å². The van der Waals surface area contributed by atoms with E-state index in [-0.39, 0.29) is 18.3 Å². The second-order valence-electron chi connectivity index (χ2n) is 6.96. The van der Waals surface area contributed by atoms with E-state index in [9.17, 15) is 18.0 Å². The van der Waals surface area contributed by atoms with Crippen molar-refractivity contribution in [3.63, 3.8) is 0 Å². The van der Waals surface area contributed by atoms with Crippen LogP contribution in [0.25, 0.3) is 5.69 Å². The second kappa shape index (κ2) is 8.17. The molecule has 1 aliphatic rings. The highest BCUT2D eigenvalue weighted by molar-refractivity contribution is 5.94. The van der Waals surface area contributed by atoms with Gasteiger partial charge in [0.1, 0.15) is 0 Å². The van der Waals surface area contributed by atoms with Crippen LogP contribution in [0.4, 0.5) is 13.2 Å². The lowest BCUT2D eigenvalue weighted by Gasteiger charge is -2.09. The molecule has 0 spiro atoms. The lowest BCUT2D eigenvalue weighted by Crippen LogP contribution is -2.24. The molecule has 1 N–H and O–H groups in total. The Kier molecular flexibility index (Phi) is 5.43. The molecule has 1 amide bonds. The summed E-state index contributed by atoms with van der Waals surface area (Å²) in [5.74, 6) is -0.467. The van der Waals surface area contributed by atoms with Crippen LogP contribution < -0.4 is 10.1 Å². The molecular weight excluding hydrogens is 397 g/mol. The number of pyridine rings is 1. The van der Waals surface area contributed by atoms with Crippen molar-refractivity contribution >= 4 is 5.91 Å². The number of aromatic nitrogens is 3. The number of nitrogens with zero attached hydrogens (tertiary/aromatic N) is 3. The fraction of sp³-hybridized carbons (Fsp3) is 0.286. The average Bonchev–Trinajstić information content (AvgIpc) is 3.34. The van der Waals surface area contributed by atoms with E-state index in [1.165, 1.54) is 12.3 Å². The van der Waals surface area contributed by atoms with E-state index in [0.29, 0.717) is 11.3 Å². The Morgan fingerprint density at radius 3 is 2.73 bits per heavy atom. The van der Waals surface area contributed by atoms with E-state index in [1.807, 2.05) is 35.0 Å². The first-order valence-corrected chi connectivity index (χ1v) is 9.49. The van der Waals surface area contributed by atoms with Gasteiger partial charge in [0.05, 0.1) is 5.69 Å². The Morgan fingerprint density at radius 1 is 1.17 bits per heavy atom. The van der Waals surface area contributed by atoms with Crippen molar-refractivity contribution in [2.24, 2.45) is 0 Å². The summed E-state index contributed by atoms with van der Waals surface area (Å²) in [6.07, 6.45) is -0.492. The third-order valence-corrected chi connectivity index (χ3v) is 4.78. The van der Waals surface area contributed by atoms with Gasteiger partial charge in [0, 0.05) is 30.1 Å². The molecule has 0 bridgehead atoms.